The lowest BCUT2D eigenvalue weighted by Gasteiger charge is -2.08. The smallest absolute Gasteiger partial charge is 0.280 e. The number of amides is 2. The maximum atomic E-state index is 12.2. The monoisotopic (exact) mass is 427 g/mol. The standard InChI is InChI=1S/C20H29N9O2/c1-12-16(22)28-17(23)15(27-12)19(31)29-20(24)26-10-3-2-4-13-5-7-14(8-6-13)18(30)25-11-9-21/h5-8H,2-4,9-11,21H2,1H3,(H,25,30)(H4,22,23,28)(H3,24,26,29,31). The van der Waals surface area contributed by atoms with Crippen molar-refractivity contribution in [3.05, 3.63) is 46.8 Å². The summed E-state index contributed by atoms with van der Waals surface area (Å²) < 4.78 is 0. The summed E-state index contributed by atoms with van der Waals surface area (Å²) in [5, 5.41) is 5.17. The number of anilines is 2. The minimum atomic E-state index is -0.593. The van der Waals surface area contributed by atoms with Gasteiger partial charge in [0.2, 0.25) is 0 Å². The fraction of sp³-hybridized carbons (Fsp3) is 0.350. The fourth-order valence-corrected chi connectivity index (χ4v) is 2.68. The molecule has 1 aromatic carbocycles. The Balaban J connectivity index is 1.75. The van der Waals surface area contributed by atoms with E-state index in [1.807, 2.05) is 12.1 Å². The normalized spacial score (nSPS) is 11.2. The third-order valence-corrected chi connectivity index (χ3v) is 4.39. The number of carbonyl (C=O) groups is 2. The molecule has 0 fully saturated rings. The van der Waals surface area contributed by atoms with Crippen LogP contribution in [0.3, 0.4) is 0 Å². The first-order valence-corrected chi connectivity index (χ1v) is 9.90. The van der Waals surface area contributed by atoms with Crippen molar-refractivity contribution in [2.45, 2.75) is 26.2 Å². The number of carbonyl (C=O) groups excluding carboxylic acids is 2. The van der Waals surface area contributed by atoms with Crippen LogP contribution in [0.4, 0.5) is 11.6 Å². The van der Waals surface area contributed by atoms with Crippen molar-refractivity contribution in [1.82, 2.24) is 20.6 Å². The van der Waals surface area contributed by atoms with Gasteiger partial charge in [-0.2, -0.15) is 0 Å². The van der Waals surface area contributed by atoms with Gasteiger partial charge in [-0.05, 0) is 43.9 Å². The molecule has 0 atom stereocenters. The van der Waals surface area contributed by atoms with Crippen LogP contribution in [-0.2, 0) is 6.42 Å². The molecule has 166 valence electrons. The zero-order valence-corrected chi connectivity index (χ0v) is 17.5. The largest absolute Gasteiger partial charge is 0.382 e. The van der Waals surface area contributed by atoms with Gasteiger partial charge in [-0.15, -0.1) is 0 Å². The molecule has 1 heterocycles. The predicted molar refractivity (Wildman–Crippen MR) is 120 cm³/mol. The number of guanidine groups is 1. The SMILES string of the molecule is Cc1nc(C(=O)NC(N)=NCCCCc2ccc(C(=O)NCCN)cc2)c(N)nc1N. The van der Waals surface area contributed by atoms with Crippen molar-refractivity contribution >= 4 is 29.4 Å². The highest BCUT2D eigenvalue weighted by Crippen LogP contribution is 2.11. The molecule has 1 aromatic heterocycles. The van der Waals surface area contributed by atoms with E-state index < -0.39 is 5.91 Å². The molecule has 0 saturated carbocycles. The Morgan fingerprint density at radius 3 is 2.42 bits per heavy atom. The summed E-state index contributed by atoms with van der Waals surface area (Å²) in [6, 6.07) is 7.44. The van der Waals surface area contributed by atoms with Crippen LogP contribution in [0.15, 0.2) is 29.3 Å². The van der Waals surface area contributed by atoms with Crippen LogP contribution in [-0.4, -0.2) is 47.4 Å². The third-order valence-electron chi connectivity index (χ3n) is 4.39. The van der Waals surface area contributed by atoms with Crippen LogP contribution in [0.5, 0.6) is 0 Å². The van der Waals surface area contributed by atoms with E-state index in [-0.39, 0.29) is 29.2 Å². The molecule has 0 aliphatic heterocycles. The number of hydrogen-bond acceptors (Lipinski definition) is 8. The van der Waals surface area contributed by atoms with Gasteiger partial charge >= 0.3 is 0 Å². The van der Waals surface area contributed by atoms with Crippen molar-refractivity contribution < 1.29 is 9.59 Å². The van der Waals surface area contributed by atoms with Gasteiger partial charge in [-0.3, -0.25) is 19.9 Å². The number of nitrogen functional groups attached to an aromatic ring is 2. The lowest BCUT2D eigenvalue weighted by Crippen LogP contribution is -2.38. The van der Waals surface area contributed by atoms with Crippen LogP contribution in [0, 0.1) is 6.92 Å². The van der Waals surface area contributed by atoms with Gasteiger partial charge in [0.15, 0.2) is 17.5 Å². The van der Waals surface area contributed by atoms with Crippen LogP contribution >= 0.6 is 0 Å². The number of aromatic nitrogens is 2. The number of nitrogens with one attached hydrogen (secondary N) is 2. The Hall–Kier alpha value is -3.73. The molecule has 0 aliphatic carbocycles. The second kappa shape index (κ2) is 11.5. The number of nitrogens with zero attached hydrogens (tertiary/aromatic N) is 3. The predicted octanol–water partition coefficient (Wildman–Crippen LogP) is -0.295. The van der Waals surface area contributed by atoms with Gasteiger partial charge in [0.05, 0.1) is 5.69 Å². The van der Waals surface area contributed by atoms with E-state index in [1.165, 1.54) is 0 Å². The van der Waals surface area contributed by atoms with E-state index >= 15 is 0 Å². The van der Waals surface area contributed by atoms with Gasteiger partial charge in [-0.1, -0.05) is 12.1 Å². The summed E-state index contributed by atoms with van der Waals surface area (Å²) in [5.74, 6) is -0.652. The summed E-state index contributed by atoms with van der Waals surface area (Å²) in [5.41, 5.74) is 24.5. The molecule has 11 nitrogen and oxygen atoms in total. The van der Waals surface area contributed by atoms with E-state index in [4.69, 9.17) is 22.9 Å². The highest BCUT2D eigenvalue weighted by molar-refractivity contribution is 6.06. The molecule has 0 aliphatic rings. The lowest BCUT2D eigenvalue weighted by atomic mass is 10.1. The first-order valence-electron chi connectivity index (χ1n) is 9.90. The molecule has 2 aromatic rings. The first-order chi connectivity index (χ1) is 14.8. The maximum Gasteiger partial charge on any atom is 0.280 e. The second-order valence-corrected chi connectivity index (χ2v) is 6.85. The van der Waals surface area contributed by atoms with Crippen molar-refractivity contribution in [3.63, 3.8) is 0 Å². The molecule has 2 amide bonds. The maximum absolute atomic E-state index is 12.2. The van der Waals surface area contributed by atoms with E-state index in [9.17, 15) is 9.59 Å². The summed E-state index contributed by atoms with van der Waals surface area (Å²) in [4.78, 5) is 36.1. The van der Waals surface area contributed by atoms with Gasteiger partial charge < -0.3 is 28.3 Å². The van der Waals surface area contributed by atoms with Crippen molar-refractivity contribution in [2.24, 2.45) is 16.5 Å². The molecule has 0 unspecified atom stereocenters. The van der Waals surface area contributed by atoms with Crippen LogP contribution in [0.25, 0.3) is 0 Å². The van der Waals surface area contributed by atoms with Gasteiger partial charge in [0, 0.05) is 25.2 Å². The van der Waals surface area contributed by atoms with Gasteiger partial charge in [-0.25, -0.2) is 9.97 Å². The lowest BCUT2D eigenvalue weighted by molar-refractivity contribution is 0.0951. The molecule has 10 N–H and O–H groups in total. The molecule has 0 radical (unpaired) electrons. The van der Waals surface area contributed by atoms with Crippen LogP contribution < -0.4 is 33.6 Å². The van der Waals surface area contributed by atoms with Gasteiger partial charge in [0.1, 0.15) is 5.82 Å². The quantitative estimate of drug-likeness (QED) is 0.178. The van der Waals surface area contributed by atoms with E-state index in [1.54, 1.807) is 19.1 Å². The van der Waals surface area contributed by atoms with Crippen LogP contribution in [0.2, 0.25) is 0 Å². The second-order valence-electron chi connectivity index (χ2n) is 6.85. The molecular formula is C20H29N9O2. The van der Waals surface area contributed by atoms with Crippen molar-refractivity contribution in [2.75, 3.05) is 31.1 Å². The Morgan fingerprint density at radius 1 is 1.03 bits per heavy atom. The zero-order valence-electron chi connectivity index (χ0n) is 17.5. The number of aryl methyl sites for hydroxylation is 2. The summed E-state index contributed by atoms with van der Waals surface area (Å²) >= 11 is 0. The average molecular weight is 428 g/mol. The van der Waals surface area contributed by atoms with Crippen molar-refractivity contribution in [3.8, 4) is 0 Å². The van der Waals surface area contributed by atoms with E-state index in [0.717, 1.165) is 24.8 Å². The number of nitrogens with two attached hydrogens (primary N) is 4. The molecule has 0 bridgehead atoms. The van der Waals surface area contributed by atoms with Crippen molar-refractivity contribution in [1.29, 1.82) is 0 Å². The highest BCUT2D eigenvalue weighted by atomic mass is 16.2. The molecule has 0 spiro atoms. The summed E-state index contributed by atoms with van der Waals surface area (Å²) in [6.45, 7) is 2.93. The fourth-order valence-electron chi connectivity index (χ4n) is 2.68. The minimum absolute atomic E-state index is 0.0199. The molecule has 0 saturated heterocycles. The zero-order chi connectivity index (χ0) is 22.8. The number of unbranched alkanes of at least 4 members (excludes halogenated alkanes) is 1. The Kier molecular flexibility index (Phi) is 8.70. The molecule has 2 rings (SSSR count). The Labute approximate surface area is 180 Å². The minimum Gasteiger partial charge on any atom is -0.382 e. The number of rotatable bonds is 9. The van der Waals surface area contributed by atoms with E-state index in [0.29, 0.717) is 30.9 Å². The topological polar surface area (TPSA) is 200 Å². The number of benzene rings is 1. The number of hydrogen-bond donors (Lipinski definition) is 6. The van der Waals surface area contributed by atoms with E-state index in [2.05, 4.69) is 25.6 Å². The highest BCUT2D eigenvalue weighted by Gasteiger charge is 2.15. The average Bonchev–Trinajstić information content (AvgIpc) is 2.74. The number of aliphatic imine (C=N–C) groups is 1. The Morgan fingerprint density at radius 2 is 1.74 bits per heavy atom. The third kappa shape index (κ3) is 7.23. The summed E-state index contributed by atoms with van der Waals surface area (Å²) in [6.07, 6.45) is 2.49. The Bertz CT molecular complexity index is 942. The van der Waals surface area contributed by atoms with Crippen LogP contribution in [0.1, 0.15) is 44.9 Å². The summed E-state index contributed by atoms with van der Waals surface area (Å²) in [7, 11) is 0. The first kappa shape index (κ1) is 23.5. The molecular weight excluding hydrogens is 398 g/mol. The molecule has 11 heteroatoms. The van der Waals surface area contributed by atoms with Gasteiger partial charge in [0.25, 0.3) is 11.8 Å². The molecule has 31 heavy (non-hydrogen) atoms.